The number of nitrogens with one attached hydrogen (secondary N) is 1. The molecule has 6 nitrogen and oxygen atoms in total. The van der Waals surface area contributed by atoms with Crippen LogP contribution in [-0.2, 0) is 4.74 Å². The molecule has 1 atom stereocenters. The van der Waals surface area contributed by atoms with Gasteiger partial charge in [-0.05, 0) is 30.9 Å². The molecule has 24 heavy (non-hydrogen) atoms. The van der Waals surface area contributed by atoms with Crippen LogP contribution >= 0.6 is 0 Å². The Hall–Kier alpha value is -2.28. The number of ether oxygens (including phenoxy) is 1. The summed E-state index contributed by atoms with van der Waals surface area (Å²) in [6, 6.07) is 5.85. The van der Waals surface area contributed by atoms with Crippen LogP contribution in [0.4, 0.5) is 16.2 Å². The molecule has 2 fully saturated rings. The van der Waals surface area contributed by atoms with Crippen molar-refractivity contribution in [2.45, 2.75) is 18.4 Å². The largest absolute Gasteiger partial charge is 0.371 e. The Morgan fingerprint density at radius 3 is 2.83 bits per heavy atom. The summed E-state index contributed by atoms with van der Waals surface area (Å²) in [7, 11) is 0. The van der Waals surface area contributed by atoms with Gasteiger partial charge in [0.2, 0.25) is 5.95 Å². The normalized spacial score (nSPS) is 21.7. The van der Waals surface area contributed by atoms with Gasteiger partial charge in [-0.2, -0.15) is 0 Å². The molecular formula is C17H20FN5O. The topological polar surface area (TPSA) is 63.2 Å². The van der Waals surface area contributed by atoms with Crippen LogP contribution in [0.15, 0.2) is 36.8 Å². The molecule has 1 unspecified atom stereocenters. The smallest absolute Gasteiger partial charge is 0.225 e. The molecule has 0 radical (unpaired) electrons. The quantitative estimate of drug-likeness (QED) is 0.906. The van der Waals surface area contributed by atoms with Crippen LogP contribution in [0.5, 0.6) is 0 Å². The number of anilines is 2. The SMILES string of the molecule is Fc1cnc(N2CC3(C2)OCCC3CCNc2ccccn2)nc1. The summed E-state index contributed by atoms with van der Waals surface area (Å²) in [6.07, 6.45) is 6.31. The van der Waals surface area contributed by atoms with Gasteiger partial charge >= 0.3 is 0 Å². The standard InChI is InChI=1S/C17H20FN5O/c18-14-9-21-16(22-10-14)23-11-17(12-23)13(5-8-24-17)4-7-20-15-3-1-2-6-19-15/h1-3,6,9-10,13H,4-5,7-8,11-12H2,(H,19,20). The number of rotatable bonds is 5. The van der Waals surface area contributed by atoms with E-state index in [0.29, 0.717) is 11.9 Å². The Labute approximate surface area is 140 Å². The van der Waals surface area contributed by atoms with Gasteiger partial charge < -0.3 is 15.0 Å². The molecule has 2 aliphatic heterocycles. The van der Waals surface area contributed by atoms with E-state index in [1.807, 2.05) is 23.1 Å². The first-order valence-electron chi connectivity index (χ1n) is 8.27. The van der Waals surface area contributed by atoms with Crippen molar-refractivity contribution < 1.29 is 9.13 Å². The lowest BCUT2D eigenvalue weighted by Crippen LogP contribution is -2.65. The van der Waals surface area contributed by atoms with Gasteiger partial charge in [0.05, 0.1) is 25.5 Å². The van der Waals surface area contributed by atoms with E-state index in [-0.39, 0.29) is 5.60 Å². The van der Waals surface area contributed by atoms with Crippen LogP contribution in [0.25, 0.3) is 0 Å². The highest BCUT2D eigenvalue weighted by molar-refractivity contribution is 5.38. The zero-order valence-corrected chi connectivity index (χ0v) is 13.4. The fraction of sp³-hybridized carbons (Fsp3) is 0.471. The second-order valence-electron chi connectivity index (χ2n) is 6.39. The number of hydrogen-bond acceptors (Lipinski definition) is 6. The molecule has 1 spiro atoms. The van der Waals surface area contributed by atoms with Gasteiger partial charge in [-0.3, -0.25) is 0 Å². The zero-order valence-electron chi connectivity index (χ0n) is 13.4. The average Bonchev–Trinajstić information content (AvgIpc) is 2.99. The maximum Gasteiger partial charge on any atom is 0.225 e. The van der Waals surface area contributed by atoms with E-state index in [2.05, 4.69) is 20.3 Å². The number of nitrogens with zero attached hydrogens (tertiary/aromatic N) is 4. The molecule has 2 aromatic heterocycles. The molecule has 0 aromatic carbocycles. The van der Waals surface area contributed by atoms with Crippen LogP contribution < -0.4 is 10.2 Å². The lowest BCUT2D eigenvalue weighted by atomic mass is 9.79. The van der Waals surface area contributed by atoms with Crippen molar-refractivity contribution in [2.75, 3.05) is 36.5 Å². The lowest BCUT2D eigenvalue weighted by Gasteiger charge is -2.50. The monoisotopic (exact) mass is 329 g/mol. The number of pyridine rings is 1. The molecule has 0 amide bonds. The van der Waals surface area contributed by atoms with Crippen molar-refractivity contribution >= 4 is 11.8 Å². The maximum absolute atomic E-state index is 12.9. The van der Waals surface area contributed by atoms with E-state index in [0.717, 1.165) is 44.9 Å². The van der Waals surface area contributed by atoms with E-state index in [1.165, 1.54) is 12.4 Å². The first kappa shape index (κ1) is 15.3. The second-order valence-corrected chi connectivity index (χ2v) is 6.39. The number of aromatic nitrogens is 3. The Balaban J connectivity index is 1.32. The lowest BCUT2D eigenvalue weighted by molar-refractivity contribution is -0.0454. The molecular weight excluding hydrogens is 309 g/mol. The highest BCUT2D eigenvalue weighted by Gasteiger charge is 2.53. The van der Waals surface area contributed by atoms with E-state index in [9.17, 15) is 4.39 Å². The average molecular weight is 329 g/mol. The molecule has 2 saturated heterocycles. The summed E-state index contributed by atoms with van der Waals surface area (Å²) in [6.45, 7) is 3.21. The first-order valence-corrected chi connectivity index (χ1v) is 8.27. The van der Waals surface area contributed by atoms with Gasteiger partial charge in [0.25, 0.3) is 0 Å². The van der Waals surface area contributed by atoms with Crippen molar-refractivity contribution in [1.29, 1.82) is 0 Å². The first-order chi connectivity index (χ1) is 11.8. The van der Waals surface area contributed by atoms with Gasteiger partial charge in [0.1, 0.15) is 11.4 Å². The summed E-state index contributed by atoms with van der Waals surface area (Å²) < 4.78 is 19.0. The van der Waals surface area contributed by atoms with Crippen LogP contribution in [0.1, 0.15) is 12.8 Å². The number of halogens is 1. The Bertz CT molecular complexity index is 675. The van der Waals surface area contributed by atoms with Gasteiger partial charge in [-0.15, -0.1) is 0 Å². The third-order valence-corrected chi connectivity index (χ3v) is 4.87. The van der Waals surface area contributed by atoms with Crippen LogP contribution in [-0.4, -0.2) is 46.8 Å². The van der Waals surface area contributed by atoms with Crippen molar-refractivity contribution in [3.8, 4) is 0 Å². The molecule has 0 aliphatic carbocycles. The second kappa shape index (κ2) is 6.32. The molecule has 4 rings (SSSR count). The molecule has 0 saturated carbocycles. The van der Waals surface area contributed by atoms with Crippen molar-refractivity contribution in [1.82, 2.24) is 15.0 Å². The maximum atomic E-state index is 12.9. The van der Waals surface area contributed by atoms with E-state index >= 15 is 0 Å². The van der Waals surface area contributed by atoms with E-state index < -0.39 is 5.82 Å². The molecule has 126 valence electrons. The molecule has 7 heteroatoms. The van der Waals surface area contributed by atoms with Crippen LogP contribution in [0.3, 0.4) is 0 Å². The van der Waals surface area contributed by atoms with E-state index in [4.69, 9.17) is 4.74 Å². The summed E-state index contributed by atoms with van der Waals surface area (Å²) in [5, 5.41) is 3.36. The highest BCUT2D eigenvalue weighted by Crippen LogP contribution is 2.42. The fourth-order valence-electron chi connectivity index (χ4n) is 3.59. The molecule has 2 aliphatic rings. The van der Waals surface area contributed by atoms with Crippen molar-refractivity contribution in [3.05, 3.63) is 42.6 Å². The van der Waals surface area contributed by atoms with E-state index in [1.54, 1.807) is 6.20 Å². The minimum absolute atomic E-state index is 0.108. The highest BCUT2D eigenvalue weighted by atomic mass is 19.1. The zero-order chi connectivity index (χ0) is 16.4. The van der Waals surface area contributed by atoms with Crippen LogP contribution in [0.2, 0.25) is 0 Å². The molecule has 1 N–H and O–H groups in total. The Morgan fingerprint density at radius 2 is 2.08 bits per heavy atom. The minimum atomic E-state index is -0.412. The van der Waals surface area contributed by atoms with Crippen molar-refractivity contribution in [3.63, 3.8) is 0 Å². The summed E-state index contributed by atoms with van der Waals surface area (Å²) in [4.78, 5) is 14.4. The third kappa shape index (κ3) is 2.91. The molecule has 4 heterocycles. The fourth-order valence-corrected chi connectivity index (χ4v) is 3.59. The Kier molecular flexibility index (Phi) is 4.02. The molecule has 0 bridgehead atoms. The molecule has 2 aromatic rings. The van der Waals surface area contributed by atoms with Crippen LogP contribution in [0, 0.1) is 11.7 Å². The summed E-state index contributed by atoms with van der Waals surface area (Å²) >= 11 is 0. The number of hydrogen-bond donors (Lipinski definition) is 1. The summed E-state index contributed by atoms with van der Waals surface area (Å²) in [5.41, 5.74) is -0.108. The van der Waals surface area contributed by atoms with Gasteiger partial charge in [0, 0.05) is 19.3 Å². The van der Waals surface area contributed by atoms with Crippen molar-refractivity contribution in [2.24, 2.45) is 5.92 Å². The van der Waals surface area contributed by atoms with Gasteiger partial charge in [-0.25, -0.2) is 19.3 Å². The van der Waals surface area contributed by atoms with Gasteiger partial charge in [-0.1, -0.05) is 6.07 Å². The van der Waals surface area contributed by atoms with Gasteiger partial charge in [0.15, 0.2) is 5.82 Å². The predicted molar refractivity (Wildman–Crippen MR) is 88.3 cm³/mol. The predicted octanol–water partition coefficient (Wildman–Crippen LogP) is 2.11. The third-order valence-electron chi connectivity index (χ3n) is 4.87. The summed E-state index contributed by atoms with van der Waals surface area (Å²) in [5.74, 6) is 1.57. The Morgan fingerprint density at radius 1 is 1.25 bits per heavy atom. The minimum Gasteiger partial charge on any atom is -0.371 e.